The lowest BCUT2D eigenvalue weighted by Gasteiger charge is -2.17. The second-order valence-electron chi connectivity index (χ2n) is 6.51. The summed E-state index contributed by atoms with van der Waals surface area (Å²) in [4.78, 5) is 18.6. The molecule has 2 aromatic heterocycles. The molecule has 3 heterocycles. The van der Waals surface area contributed by atoms with Crippen molar-refractivity contribution in [3.8, 4) is 17.0 Å². The molecule has 1 atom stereocenters. The highest BCUT2D eigenvalue weighted by Crippen LogP contribution is 2.23. The first-order chi connectivity index (χ1) is 13.1. The highest BCUT2D eigenvalue weighted by molar-refractivity contribution is 5.94. The third-order valence-electron chi connectivity index (χ3n) is 4.62. The number of aromatic nitrogens is 3. The molecule has 1 fully saturated rings. The highest BCUT2D eigenvalue weighted by Gasteiger charge is 2.30. The van der Waals surface area contributed by atoms with Crippen LogP contribution in [0.15, 0.2) is 54.9 Å². The van der Waals surface area contributed by atoms with E-state index >= 15 is 0 Å². The predicted octanol–water partition coefficient (Wildman–Crippen LogP) is 2.91. The van der Waals surface area contributed by atoms with Crippen LogP contribution in [0, 0.1) is 5.82 Å². The van der Waals surface area contributed by atoms with Gasteiger partial charge in [0.15, 0.2) is 0 Å². The largest absolute Gasteiger partial charge is 0.488 e. The average molecular weight is 366 g/mol. The van der Waals surface area contributed by atoms with Gasteiger partial charge < -0.3 is 9.64 Å². The van der Waals surface area contributed by atoms with Gasteiger partial charge >= 0.3 is 0 Å². The van der Waals surface area contributed by atoms with Crippen LogP contribution in [-0.2, 0) is 7.05 Å². The van der Waals surface area contributed by atoms with Gasteiger partial charge in [0.25, 0.3) is 5.91 Å². The van der Waals surface area contributed by atoms with Crippen molar-refractivity contribution < 1.29 is 13.9 Å². The SMILES string of the molecule is Cn1nc(-c2ccc(F)cc2)cc1C(=O)N1CCC(Oc2ccncc2)C1. The zero-order chi connectivity index (χ0) is 18.8. The average Bonchev–Trinajstić information content (AvgIpc) is 3.29. The number of hydrogen-bond donors (Lipinski definition) is 0. The van der Waals surface area contributed by atoms with Crippen LogP contribution in [0.5, 0.6) is 5.75 Å². The monoisotopic (exact) mass is 366 g/mol. The van der Waals surface area contributed by atoms with Crippen molar-refractivity contribution in [3.63, 3.8) is 0 Å². The summed E-state index contributed by atoms with van der Waals surface area (Å²) in [5.74, 6) is 0.367. The van der Waals surface area contributed by atoms with Crippen molar-refractivity contribution in [2.45, 2.75) is 12.5 Å². The lowest BCUT2D eigenvalue weighted by Crippen LogP contribution is -2.32. The minimum Gasteiger partial charge on any atom is -0.488 e. The molecule has 6 nitrogen and oxygen atoms in total. The summed E-state index contributed by atoms with van der Waals surface area (Å²) in [6.07, 6.45) is 4.09. The zero-order valence-corrected chi connectivity index (χ0v) is 14.9. The molecule has 1 unspecified atom stereocenters. The Morgan fingerprint density at radius 3 is 2.67 bits per heavy atom. The van der Waals surface area contributed by atoms with E-state index in [0.29, 0.717) is 24.5 Å². The van der Waals surface area contributed by atoms with Crippen LogP contribution in [0.1, 0.15) is 16.9 Å². The quantitative estimate of drug-likeness (QED) is 0.712. The smallest absolute Gasteiger partial charge is 0.272 e. The molecule has 1 saturated heterocycles. The third kappa shape index (κ3) is 3.67. The predicted molar refractivity (Wildman–Crippen MR) is 97.8 cm³/mol. The van der Waals surface area contributed by atoms with E-state index in [1.807, 2.05) is 0 Å². The first-order valence-electron chi connectivity index (χ1n) is 8.76. The molecule has 4 rings (SSSR count). The molecule has 1 amide bonds. The highest BCUT2D eigenvalue weighted by atomic mass is 19.1. The molecule has 0 radical (unpaired) electrons. The summed E-state index contributed by atoms with van der Waals surface area (Å²) in [6, 6.07) is 11.4. The van der Waals surface area contributed by atoms with Crippen LogP contribution in [0.25, 0.3) is 11.3 Å². The number of ether oxygens (including phenoxy) is 1. The number of pyridine rings is 1. The number of amides is 1. The summed E-state index contributed by atoms with van der Waals surface area (Å²) < 4.78 is 20.6. The van der Waals surface area contributed by atoms with Gasteiger partial charge in [-0.05, 0) is 42.5 Å². The van der Waals surface area contributed by atoms with E-state index in [9.17, 15) is 9.18 Å². The van der Waals surface area contributed by atoms with Crippen molar-refractivity contribution in [1.29, 1.82) is 0 Å². The standard InChI is InChI=1S/C20H19FN4O2/c1-24-19(12-18(23-24)14-2-4-15(21)5-3-14)20(26)25-11-8-17(13-25)27-16-6-9-22-10-7-16/h2-7,9-10,12,17H,8,11,13H2,1H3. The molecule has 0 saturated carbocycles. The molecule has 1 aliphatic rings. The Labute approximate surface area is 156 Å². The number of carbonyl (C=O) groups is 1. The van der Waals surface area contributed by atoms with Crippen LogP contribution in [0.3, 0.4) is 0 Å². The first kappa shape index (κ1) is 17.2. The minimum absolute atomic E-state index is 0.0406. The lowest BCUT2D eigenvalue weighted by molar-refractivity contribution is 0.0761. The Balaban J connectivity index is 1.46. The van der Waals surface area contributed by atoms with Crippen molar-refractivity contribution >= 4 is 5.91 Å². The summed E-state index contributed by atoms with van der Waals surface area (Å²) in [5, 5.41) is 4.40. The van der Waals surface area contributed by atoms with E-state index in [1.165, 1.54) is 12.1 Å². The number of likely N-dealkylation sites (tertiary alicyclic amines) is 1. The Morgan fingerprint density at radius 2 is 1.93 bits per heavy atom. The summed E-state index contributed by atoms with van der Waals surface area (Å²) in [7, 11) is 1.74. The zero-order valence-electron chi connectivity index (χ0n) is 14.9. The van der Waals surface area contributed by atoms with Crippen molar-refractivity contribution in [2.24, 2.45) is 7.05 Å². The number of rotatable bonds is 4. The molecular weight excluding hydrogens is 347 g/mol. The molecule has 7 heteroatoms. The van der Waals surface area contributed by atoms with E-state index in [-0.39, 0.29) is 17.8 Å². The van der Waals surface area contributed by atoms with E-state index in [0.717, 1.165) is 17.7 Å². The Hall–Kier alpha value is -3.22. The number of aryl methyl sites for hydroxylation is 1. The topological polar surface area (TPSA) is 60.2 Å². The number of nitrogens with zero attached hydrogens (tertiary/aromatic N) is 4. The van der Waals surface area contributed by atoms with Gasteiger partial charge in [-0.3, -0.25) is 14.5 Å². The fourth-order valence-corrected chi connectivity index (χ4v) is 3.21. The summed E-state index contributed by atoms with van der Waals surface area (Å²) >= 11 is 0. The Morgan fingerprint density at radius 1 is 1.19 bits per heavy atom. The maximum atomic E-state index is 13.1. The number of benzene rings is 1. The summed E-state index contributed by atoms with van der Waals surface area (Å²) in [6.45, 7) is 1.16. The van der Waals surface area contributed by atoms with E-state index in [4.69, 9.17) is 4.74 Å². The molecular formula is C20H19FN4O2. The number of hydrogen-bond acceptors (Lipinski definition) is 4. The molecule has 0 N–H and O–H groups in total. The Bertz CT molecular complexity index is 940. The minimum atomic E-state index is -0.303. The van der Waals surface area contributed by atoms with Gasteiger partial charge in [0, 0.05) is 38.0 Å². The van der Waals surface area contributed by atoms with Gasteiger partial charge in [-0.25, -0.2) is 4.39 Å². The number of halogens is 1. The molecule has 27 heavy (non-hydrogen) atoms. The van der Waals surface area contributed by atoms with Crippen molar-refractivity contribution in [1.82, 2.24) is 19.7 Å². The van der Waals surface area contributed by atoms with Gasteiger partial charge in [-0.15, -0.1) is 0 Å². The number of carbonyl (C=O) groups excluding carboxylic acids is 1. The lowest BCUT2D eigenvalue weighted by atomic mass is 10.1. The molecule has 138 valence electrons. The van der Waals surface area contributed by atoms with Crippen LogP contribution in [0.2, 0.25) is 0 Å². The maximum absolute atomic E-state index is 13.1. The normalized spacial score (nSPS) is 16.5. The first-order valence-corrected chi connectivity index (χ1v) is 8.76. The molecule has 1 aliphatic heterocycles. The van der Waals surface area contributed by atoms with Gasteiger partial charge in [0.2, 0.25) is 0 Å². The van der Waals surface area contributed by atoms with Crippen LogP contribution in [-0.4, -0.2) is 44.8 Å². The second kappa shape index (κ2) is 7.19. The Kier molecular flexibility index (Phi) is 4.58. The van der Waals surface area contributed by atoms with Gasteiger partial charge in [-0.2, -0.15) is 5.10 Å². The molecule has 3 aromatic rings. The second-order valence-corrected chi connectivity index (χ2v) is 6.51. The fourth-order valence-electron chi connectivity index (χ4n) is 3.21. The van der Waals surface area contributed by atoms with Crippen molar-refractivity contribution in [3.05, 3.63) is 66.4 Å². The molecule has 1 aromatic carbocycles. The maximum Gasteiger partial charge on any atom is 0.272 e. The summed E-state index contributed by atoms with van der Waals surface area (Å²) in [5.41, 5.74) is 1.91. The third-order valence-corrected chi connectivity index (χ3v) is 4.62. The van der Waals surface area contributed by atoms with Crippen LogP contribution in [0.4, 0.5) is 4.39 Å². The van der Waals surface area contributed by atoms with Gasteiger partial charge in [0.1, 0.15) is 23.4 Å². The van der Waals surface area contributed by atoms with E-state index in [1.54, 1.807) is 59.4 Å². The van der Waals surface area contributed by atoms with Gasteiger partial charge in [-0.1, -0.05) is 0 Å². The molecule has 0 spiro atoms. The molecule has 0 bridgehead atoms. The molecule has 0 aliphatic carbocycles. The van der Waals surface area contributed by atoms with Crippen molar-refractivity contribution in [2.75, 3.05) is 13.1 Å². The van der Waals surface area contributed by atoms with Crippen LogP contribution < -0.4 is 4.74 Å². The van der Waals surface area contributed by atoms with Crippen LogP contribution >= 0.6 is 0 Å². The van der Waals surface area contributed by atoms with E-state index < -0.39 is 0 Å². The van der Waals surface area contributed by atoms with Gasteiger partial charge in [0.05, 0.1) is 12.2 Å². The van der Waals surface area contributed by atoms with E-state index in [2.05, 4.69) is 10.1 Å². The fraction of sp³-hybridized carbons (Fsp3) is 0.250.